The molecule has 1 fully saturated rings. The van der Waals surface area contributed by atoms with Crippen LogP contribution in [0.4, 0.5) is 11.4 Å². The van der Waals surface area contributed by atoms with E-state index >= 15 is 0 Å². The second-order valence-electron chi connectivity index (χ2n) is 7.00. The Balaban J connectivity index is 1.30. The second kappa shape index (κ2) is 7.72. The van der Waals surface area contributed by atoms with Crippen LogP contribution in [-0.2, 0) is 11.2 Å². The highest BCUT2D eigenvalue weighted by molar-refractivity contribution is 5.84. The topological polar surface area (TPSA) is 82.5 Å². The number of nitro benzene ring substituents is 1. The molecule has 1 N–H and O–H groups in total. The van der Waals surface area contributed by atoms with Crippen LogP contribution in [0.3, 0.4) is 0 Å². The summed E-state index contributed by atoms with van der Waals surface area (Å²) < 4.78 is 0. The second-order valence-corrected chi connectivity index (χ2v) is 7.00. The summed E-state index contributed by atoms with van der Waals surface area (Å²) in [7, 11) is 0. The van der Waals surface area contributed by atoms with Gasteiger partial charge in [0.2, 0.25) is 5.91 Å². The molecule has 0 atom stereocenters. The number of para-hydroxylation sites is 1. The molecule has 1 aliphatic heterocycles. The standard InChI is InChI=1S/C21H22N4O3/c26-21(10-5-16-15-22-20-4-2-1-3-19(16)20)24-13-11-23(12-14-24)17-6-8-18(9-7-17)25(27)28/h1-4,6-9,15,22H,5,10-14H2. The van der Waals surface area contributed by atoms with Crippen molar-refractivity contribution in [2.45, 2.75) is 12.8 Å². The molecular weight excluding hydrogens is 356 g/mol. The van der Waals surface area contributed by atoms with Crippen molar-refractivity contribution in [3.05, 3.63) is 70.4 Å². The van der Waals surface area contributed by atoms with Gasteiger partial charge < -0.3 is 14.8 Å². The van der Waals surface area contributed by atoms with E-state index < -0.39 is 4.92 Å². The number of fused-ring (bicyclic) bond motifs is 1. The number of anilines is 1. The number of nitrogens with zero attached hydrogens (tertiary/aromatic N) is 3. The monoisotopic (exact) mass is 378 g/mol. The molecule has 28 heavy (non-hydrogen) atoms. The Morgan fingerprint density at radius 3 is 2.46 bits per heavy atom. The Labute approximate surface area is 162 Å². The molecule has 7 heteroatoms. The Bertz CT molecular complexity index is 988. The lowest BCUT2D eigenvalue weighted by molar-refractivity contribution is -0.384. The molecule has 2 aromatic carbocycles. The van der Waals surface area contributed by atoms with Crippen LogP contribution in [0.1, 0.15) is 12.0 Å². The first-order valence-electron chi connectivity index (χ1n) is 9.44. The number of benzene rings is 2. The highest BCUT2D eigenvalue weighted by Gasteiger charge is 2.21. The molecule has 1 amide bonds. The van der Waals surface area contributed by atoms with Crippen LogP contribution in [0.2, 0.25) is 0 Å². The van der Waals surface area contributed by atoms with Gasteiger partial charge in [0.05, 0.1) is 4.92 Å². The lowest BCUT2D eigenvalue weighted by Crippen LogP contribution is -2.48. The third-order valence-electron chi connectivity index (χ3n) is 5.34. The van der Waals surface area contributed by atoms with Crippen molar-refractivity contribution in [2.24, 2.45) is 0 Å². The summed E-state index contributed by atoms with van der Waals surface area (Å²) in [6, 6.07) is 14.7. The Morgan fingerprint density at radius 2 is 1.75 bits per heavy atom. The summed E-state index contributed by atoms with van der Waals surface area (Å²) in [5, 5.41) is 12.0. The molecule has 144 valence electrons. The van der Waals surface area contributed by atoms with Gasteiger partial charge in [-0.25, -0.2) is 0 Å². The Kier molecular flexibility index (Phi) is 4.97. The van der Waals surface area contributed by atoms with Gasteiger partial charge in [-0.3, -0.25) is 14.9 Å². The number of aromatic amines is 1. The summed E-state index contributed by atoms with van der Waals surface area (Å²) in [6.45, 7) is 2.81. The minimum absolute atomic E-state index is 0.0924. The van der Waals surface area contributed by atoms with Gasteiger partial charge in [-0.2, -0.15) is 0 Å². The van der Waals surface area contributed by atoms with Gasteiger partial charge in [-0.15, -0.1) is 0 Å². The molecule has 0 unspecified atom stereocenters. The minimum atomic E-state index is -0.395. The van der Waals surface area contributed by atoms with Crippen LogP contribution in [0.5, 0.6) is 0 Å². The highest BCUT2D eigenvalue weighted by atomic mass is 16.6. The fourth-order valence-electron chi connectivity index (χ4n) is 3.74. The molecule has 0 saturated carbocycles. The van der Waals surface area contributed by atoms with E-state index in [-0.39, 0.29) is 11.6 Å². The van der Waals surface area contributed by atoms with Crippen molar-refractivity contribution >= 4 is 28.2 Å². The lowest BCUT2D eigenvalue weighted by atomic mass is 10.1. The van der Waals surface area contributed by atoms with Crippen LogP contribution in [0.15, 0.2) is 54.7 Å². The predicted octanol–water partition coefficient (Wildman–Crippen LogP) is 3.36. The van der Waals surface area contributed by atoms with Gasteiger partial charge in [0, 0.05) is 67.5 Å². The van der Waals surface area contributed by atoms with E-state index in [0.29, 0.717) is 19.5 Å². The average Bonchev–Trinajstić information content (AvgIpc) is 3.15. The molecule has 0 bridgehead atoms. The number of carbonyl (C=O) groups excluding carboxylic acids is 1. The van der Waals surface area contributed by atoms with E-state index in [2.05, 4.69) is 16.0 Å². The zero-order chi connectivity index (χ0) is 19.5. The minimum Gasteiger partial charge on any atom is -0.368 e. The number of carbonyl (C=O) groups is 1. The zero-order valence-electron chi connectivity index (χ0n) is 15.5. The van der Waals surface area contributed by atoms with E-state index in [0.717, 1.165) is 30.7 Å². The maximum Gasteiger partial charge on any atom is 0.269 e. The number of aryl methyl sites for hydroxylation is 1. The van der Waals surface area contributed by atoms with Crippen molar-refractivity contribution in [3.63, 3.8) is 0 Å². The van der Waals surface area contributed by atoms with Crippen LogP contribution in [0, 0.1) is 10.1 Å². The lowest BCUT2D eigenvalue weighted by Gasteiger charge is -2.36. The number of non-ortho nitro benzene ring substituents is 1. The summed E-state index contributed by atoms with van der Waals surface area (Å²) in [6.07, 6.45) is 3.22. The third-order valence-corrected chi connectivity index (χ3v) is 5.34. The molecule has 0 aliphatic carbocycles. The fourth-order valence-corrected chi connectivity index (χ4v) is 3.74. The van der Waals surface area contributed by atoms with Crippen molar-refractivity contribution in [3.8, 4) is 0 Å². The summed E-state index contributed by atoms with van der Waals surface area (Å²) in [5.74, 6) is 0.175. The number of hydrogen-bond acceptors (Lipinski definition) is 4. The van der Waals surface area contributed by atoms with E-state index in [4.69, 9.17) is 0 Å². The number of nitro groups is 1. The maximum atomic E-state index is 12.6. The molecule has 0 radical (unpaired) electrons. The zero-order valence-corrected chi connectivity index (χ0v) is 15.5. The Morgan fingerprint density at radius 1 is 1.04 bits per heavy atom. The third kappa shape index (κ3) is 3.69. The largest absolute Gasteiger partial charge is 0.368 e. The molecule has 1 aliphatic rings. The number of piperazine rings is 1. The first-order valence-corrected chi connectivity index (χ1v) is 9.44. The van der Waals surface area contributed by atoms with Gasteiger partial charge in [0.15, 0.2) is 0 Å². The van der Waals surface area contributed by atoms with Crippen LogP contribution in [0.25, 0.3) is 10.9 Å². The predicted molar refractivity (Wildman–Crippen MR) is 109 cm³/mol. The molecule has 7 nitrogen and oxygen atoms in total. The summed E-state index contributed by atoms with van der Waals surface area (Å²) >= 11 is 0. The molecule has 2 heterocycles. The van der Waals surface area contributed by atoms with E-state index in [1.807, 2.05) is 29.3 Å². The van der Waals surface area contributed by atoms with E-state index in [1.54, 1.807) is 12.1 Å². The van der Waals surface area contributed by atoms with Crippen LogP contribution < -0.4 is 4.90 Å². The number of hydrogen-bond donors (Lipinski definition) is 1. The smallest absolute Gasteiger partial charge is 0.269 e. The molecule has 3 aromatic rings. The SMILES string of the molecule is O=C(CCc1c[nH]c2ccccc12)N1CCN(c2ccc([N+](=O)[O-])cc2)CC1. The van der Waals surface area contributed by atoms with Crippen molar-refractivity contribution in [2.75, 3.05) is 31.1 Å². The van der Waals surface area contributed by atoms with E-state index in [9.17, 15) is 14.9 Å². The number of nitrogens with one attached hydrogen (secondary N) is 1. The fraction of sp³-hybridized carbons (Fsp3) is 0.286. The first-order chi connectivity index (χ1) is 13.6. The number of amides is 1. The number of rotatable bonds is 5. The normalized spacial score (nSPS) is 14.4. The first kappa shape index (κ1) is 18.0. The molecular formula is C21H22N4O3. The number of H-pyrrole nitrogens is 1. The van der Waals surface area contributed by atoms with Crippen molar-refractivity contribution < 1.29 is 9.72 Å². The average molecular weight is 378 g/mol. The van der Waals surface area contributed by atoms with Gasteiger partial charge in [-0.1, -0.05) is 18.2 Å². The van der Waals surface area contributed by atoms with Crippen LogP contribution in [-0.4, -0.2) is 46.9 Å². The van der Waals surface area contributed by atoms with Gasteiger partial charge in [-0.05, 0) is 30.2 Å². The Hall–Kier alpha value is -3.35. The van der Waals surface area contributed by atoms with Gasteiger partial charge >= 0.3 is 0 Å². The maximum absolute atomic E-state index is 12.6. The van der Waals surface area contributed by atoms with Gasteiger partial charge in [0.25, 0.3) is 5.69 Å². The van der Waals surface area contributed by atoms with Crippen molar-refractivity contribution in [1.82, 2.24) is 9.88 Å². The van der Waals surface area contributed by atoms with E-state index in [1.165, 1.54) is 23.1 Å². The molecule has 1 aromatic heterocycles. The van der Waals surface area contributed by atoms with Gasteiger partial charge in [0.1, 0.15) is 0 Å². The van der Waals surface area contributed by atoms with Crippen LogP contribution >= 0.6 is 0 Å². The highest BCUT2D eigenvalue weighted by Crippen LogP contribution is 2.22. The quantitative estimate of drug-likeness (QED) is 0.545. The van der Waals surface area contributed by atoms with Crippen molar-refractivity contribution in [1.29, 1.82) is 0 Å². The summed E-state index contributed by atoms with van der Waals surface area (Å²) in [5.41, 5.74) is 3.32. The summed E-state index contributed by atoms with van der Waals surface area (Å²) in [4.78, 5) is 30.3. The molecule has 0 spiro atoms. The number of aromatic nitrogens is 1. The molecule has 4 rings (SSSR count). The molecule has 1 saturated heterocycles.